The van der Waals surface area contributed by atoms with Crippen LogP contribution >= 0.6 is 0 Å². The first-order valence-corrected chi connectivity index (χ1v) is 6.91. The third kappa shape index (κ3) is 2.50. The van der Waals surface area contributed by atoms with Crippen LogP contribution in [0.5, 0.6) is 0 Å². The van der Waals surface area contributed by atoms with Gasteiger partial charge in [0.05, 0.1) is 0 Å². The molecule has 0 fully saturated rings. The Labute approximate surface area is 119 Å². The van der Waals surface area contributed by atoms with E-state index in [9.17, 15) is 4.79 Å². The molecule has 0 bridgehead atoms. The lowest BCUT2D eigenvalue weighted by atomic mass is 9.98. The van der Waals surface area contributed by atoms with Crippen molar-refractivity contribution < 1.29 is 4.79 Å². The summed E-state index contributed by atoms with van der Waals surface area (Å²) < 4.78 is 0. The molecule has 2 aromatic carbocycles. The number of nitrogens with zero attached hydrogens (tertiary/aromatic N) is 1. The first-order chi connectivity index (χ1) is 9.88. The Balaban J connectivity index is 1.91. The van der Waals surface area contributed by atoms with E-state index < -0.39 is 0 Å². The van der Waals surface area contributed by atoms with E-state index in [1.54, 1.807) is 6.08 Å². The van der Waals surface area contributed by atoms with Crippen LogP contribution in [-0.4, -0.2) is 12.8 Å². The van der Waals surface area contributed by atoms with Gasteiger partial charge in [-0.3, -0.25) is 4.79 Å². The van der Waals surface area contributed by atoms with Crippen molar-refractivity contribution in [2.45, 2.75) is 13.0 Å². The van der Waals surface area contributed by atoms with E-state index >= 15 is 0 Å². The molecule has 0 amide bonds. The van der Waals surface area contributed by atoms with Crippen molar-refractivity contribution >= 4 is 18.0 Å². The number of carbonyl (C=O) groups excluding carboxylic acids is 1. The van der Waals surface area contributed by atoms with Crippen LogP contribution in [0.15, 0.2) is 54.6 Å². The maximum atomic E-state index is 10.5. The highest BCUT2D eigenvalue weighted by atomic mass is 16.1. The number of carbonyl (C=O) groups is 1. The molecule has 2 heteroatoms. The zero-order valence-corrected chi connectivity index (χ0v) is 11.3. The minimum Gasteiger partial charge on any atom is -0.366 e. The Morgan fingerprint density at radius 3 is 2.55 bits per heavy atom. The molecule has 2 aromatic rings. The maximum Gasteiger partial charge on any atom is 0.142 e. The summed E-state index contributed by atoms with van der Waals surface area (Å²) in [6.45, 7) is 1.95. The number of aldehydes is 1. The first-order valence-electron chi connectivity index (χ1n) is 6.91. The van der Waals surface area contributed by atoms with Gasteiger partial charge in [-0.25, -0.2) is 0 Å². The molecule has 0 unspecified atom stereocenters. The Hall–Kier alpha value is -2.35. The zero-order valence-electron chi connectivity index (χ0n) is 11.3. The second-order valence-corrected chi connectivity index (χ2v) is 4.99. The van der Waals surface area contributed by atoms with Gasteiger partial charge in [-0.1, -0.05) is 42.5 Å². The lowest BCUT2D eigenvalue weighted by Crippen LogP contribution is -2.30. The molecule has 3 rings (SSSR count). The smallest absolute Gasteiger partial charge is 0.142 e. The van der Waals surface area contributed by atoms with Crippen LogP contribution in [0.25, 0.3) is 6.08 Å². The van der Waals surface area contributed by atoms with Gasteiger partial charge in [0.2, 0.25) is 0 Å². The van der Waals surface area contributed by atoms with Crippen LogP contribution < -0.4 is 4.90 Å². The number of allylic oxidation sites excluding steroid dienone is 1. The topological polar surface area (TPSA) is 20.3 Å². The van der Waals surface area contributed by atoms with Crippen molar-refractivity contribution in [1.82, 2.24) is 0 Å². The van der Waals surface area contributed by atoms with E-state index in [-0.39, 0.29) is 0 Å². The molecule has 0 atom stereocenters. The minimum atomic E-state index is 0.822. The molecular weight excluding hydrogens is 246 g/mol. The molecule has 1 aliphatic rings. The number of hydrogen-bond donors (Lipinski definition) is 0. The van der Waals surface area contributed by atoms with Gasteiger partial charge in [-0.15, -0.1) is 0 Å². The molecule has 0 saturated carbocycles. The molecule has 0 aromatic heterocycles. The van der Waals surface area contributed by atoms with Gasteiger partial charge in [-0.05, 0) is 41.3 Å². The number of fused-ring (bicyclic) bond motifs is 1. The van der Waals surface area contributed by atoms with Gasteiger partial charge in [0.1, 0.15) is 6.29 Å². The molecular formula is C18H17NO. The number of rotatable bonds is 3. The van der Waals surface area contributed by atoms with Gasteiger partial charge in [0.15, 0.2) is 0 Å². The number of hydrogen-bond acceptors (Lipinski definition) is 2. The number of para-hydroxylation sites is 1. The third-order valence-electron chi connectivity index (χ3n) is 3.76. The van der Waals surface area contributed by atoms with Crippen LogP contribution in [0.2, 0.25) is 0 Å². The summed E-state index contributed by atoms with van der Waals surface area (Å²) >= 11 is 0. The SMILES string of the molecule is O=C/C=C/c1ccccc1N1CCc2ccccc2C1. The predicted octanol–water partition coefficient (Wildman–Crippen LogP) is 3.46. The Morgan fingerprint density at radius 2 is 1.70 bits per heavy atom. The van der Waals surface area contributed by atoms with E-state index in [0.717, 1.165) is 31.4 Å². The summed E-state index contributed by atoms with van der Waals surface area (Å²) in [6, 6.07) is 16.8. The van der Waals surface area contributed by atoms with Crippen molar-refractivity contribution in [3.05, 3.63) is 71.3 Å². The van der Waals surface area contributed by atoms with Gasteiger partial charge in [0.25, 0.3) is 0 Å². The molecule has 1 aliphatic heterocycles. The van der Waals surface area contributed by atoms with Gasteiger partial charge in [0, 0.05) is 18.8 Å². The molecule has 0 radical (unpaired) electrons. The Morgan fingerprint density at radius 1 is 0.950 bits per heavy atom. The fraction of sp³-hybridized carbons (Fsp3) is 0.167. The van der Waals surface area contributed by atoms with Crippen molar-refractivity contribution in [3.8, 4) is 0 Å². The summed E-state index contributed by atoms with van der Waals surface area (Å²) in [7, 11) is 0. The molecule has 0 saturated heterocycles. The van der Waals surface area contributed by atoms with Crippen molar-refractivity contribution in [1.29, 1.82) is 0 Å². The monoisotopic (exact) mass is 263 g/mol. The van der Waals surface area contributed by atoms with Crippen molar-refractivity contribution in [2.24, 2.45) is 0 Å². The lowest BCUT2D eigenvalue weighted by molar-refractivity contribution is -0.104. The van der Waals surface area contributed by atoms with Crippen LogP contribution in [0.4, 0.5) is 5.69 Å². The molecule has 0 N–H and O–H groups in total. The normalized spacial score (nSPS) is 14.3. The zero-order chi connectivity index (χ0) is 13.8. The summed E-state index contributed by atoms with van der Waals surface area (Å²) in [6.07, 6.45) is 5.32. The van der Waals surface area contributed by atoms with Gasteiger partial charge >= 0.3 is 0 Å². The Kier molecular flexibility index (Phi) is 3.64. The molecule has 2 nitrogen and oxygen atoms in total. The first kappa shape index (κ1) is 12.7. The average Bonchev–Trinajstić information content (AvgIpc) is 2.53. The van der Waals surface area contributed by atoms with Crippen LogP contribution in [-0.2, 0) is 17.8 Å². The van der Waals surface area contributed by atoms with E-state index in [1.807, 2.05) is 18.2 Å². The van der Waals surface area contributed by atoms with E-state index in [4.69, 9.17) is 0 Å². The Bertz CT molecular complexity index is 645. The second kappa shape index (κ2) is 5.74. The highest BCUT2D eigenvalue weighted by Crippen LogP contribution is 2.27. The molecule has 1 heterocycles. The van der Waals surface area contributed by atoms with Gasteiger partial charge in [-0.2, -0.15) is 0 Å². The standard InChI is InChI=1S/C18H17NO/c20-13-5-9-16-7-3-4-10-18(16)19-12-11-15-6-1-2-8-17(15)14-19/h1-10,13H,11-12,14H2/b9-5+. The predicted molar refractivity (Wildman–Crippen MR) is 82.7 cm³/mol. The fourth-order valence-electron chi connectivity index (χ4n) is 2.76. The summed E-state index contributed by atoms with van der Waals surface area (Å²) in [4.78, 5) is 12.9. The fourth-order valence-corrected chi connectivity index (χ4v) is 2.76. The highest BCUT2D eigenvalue weighted by molar-refractivity contribution is 5.78. The molecule has 0 spiro atoms. The summed E-state index contributed by atoms with van der Waals surface area (Å²) in [5.41, 5.74) is 5.14. The summed E-state index contributed by atoms with van der Waals surface area (Å²) in [5, 5.41) is 0. The molecule has 100 valence electrons. The average molecular weight is 263 g/mol. The molecule has 0 aliphatic carbocycles. The largest absolute Gasteiger partial charge is 0.366 e. The molecule has 20 heavy (non-hydrogen) atoms. The lowest BCUT2D eigenvalue weighted by Gasteiger charge is -2.31. The number of benzene rings is 2. The second-order valence-electron chi connectivity index (χ2n) is 4.99. The summed E-state index contributed by atoms with van der Waals surface area (Å²) in [5.74, 6) is 0. The van der Waals surface area contributed by atoms with E-state index in [0.29, 0.717) is 0 Å². The maximum absolute atomic E-state index is 10.5. The van der Waals surface area contributed by atoms with Crippen LogP contribution in [0.1, 0.15) is 16.7 Å². The number of anilines is 1. The van der Waals surface area contributed by atoms with Crippen LogP contribution in [0, 0.1) is 0 Å². The third-order valence-corrected chi connectivity index (χ3v) is 3.76. The van der Waals surface area contributed by atoms with Crippen molar-refractivity contribution in [3.63, 3.8) is 0 Å². The van der Waals surface area contributed by atoms with Gasteiger partial charge < -0.3 is 4.90 Å². The van der Waals surface area contributed by atoms with E-state index in [2.05, 4.69) is 41.3 Å². The van der Waals surface area contributed by atoms with Crippen molar-refractivity contribution in [2.75, 3.05) is 11.4 Å². The quantitative estimate of drug-likeness (QED) is 0.624. The van der Waals surface area contributed by atoms with Crippen LogP contribution in [0.3, 0.4) is 0 Å². The minimum absolute atomic E-state index is 0.822. The van der Waals surface area contributed by atoms with E-state index in [1.165, 1.54) is 16.8 Å². The highest BCUT2D eigenvalue weighted by Gasteiger charge is 2.17.